The molecule has 138 valence electrons. The molecule has 0 unspecified atom stereocenters. The number of carbonyl (C=O) groups excluding carboxylic acids is 1. The SMILES string of the molecule is CCC=C(C)C(=O)Nc1cccc(-c2ccc(OC(F)(F)F)cc2)c1C. The van der Waals surface area contributed by atoms with Gasteiger partial charge in [0.15, 0.2) is 0 Å². The molecule has 6 heteroatoms. The topological polar surface area (TPSA) is 38.3 Å². The smallest absolute Gasteiger partial charge is 0.406 e. The molecule has 0 radical (unpaired) electrons. The molecule has 26 heavy (non-hydrogen) atoms. The number of anilines is 1. The summed E-state index contributed by atoms with van der Waals surface area (Å²) in [4.78, 5) is 12.2. The minimum Gasteiger partial charge on any atom is -0.406 e. The number of ether oxygens (including phenoxy) is 1. The second-order valence-corrected chi connectivity index (χ2v) is 5.80. The molecule has 0 fully saturated rings. The van der Waals surface area contributed by atoms with Crippen molar-refractivity contribution < 1.29 is 22.7 Å². The maximum atomic E-state index is 12.3. The van der Waals surface area contributed by atoms with Crippen molar-refractivity contribution in [1.29, 1.82) is 0 Å². The monoisotopic (exact) mass is 363 g/mol. The number of amides is 1. The quantitative estimate of drug-likeness (QED) is 0.676. The van der Waals surface area contributed by atoms with E-state index in [-0.39, 0.29) is 11.7 Å². The molecular weight excluding hydrogens is 343 g/mol. The van der Waals surface area contributed by atoms with Crippen LogP contribution in [0, 0.1) is 6.92 Å². The highest BCUT2D eigenvalue weighted by atomic mass is 19.4. The van der Waals surface area contributed by atoms with E-state index >= 15 is 0 Å². The number of halogens is 3. The normalized spacial score (nSPS) is 12.0. The highest BCUT2D eigenvalue weighted by molar-refractivity contribution is 6.04. The van der Waals surface area contributed by atoms with Crippen molar-refractivity contribution in [2.45, 2.75) is 33.6 Å². The number of hydrogen-bond donors (Lipinski definition) is 1. The van der Waals surface area contributed by atoms with E-state index in [1.807, 2.05) is 26.0 Å². The molecule has 0 aliphatic rings. The zero-order valence-corrected chi connectivity index (χ0v) is 14.8. The third kappa shape index (κ3) is 5.12. The third-order valence-electron chi connectivity index (χ3n) is 3.85. The fraction of sp³-hybridized carbons (Fsp3) is 0.250. The number of alkyl halides is 3. The van der Waals surface area contributed by atoms with Gasteiger partial charge in [-0.1, -0.05) is 37.3 Å². The van der Waals surface area contributed by atoms with E-state index in [4.69, 9.17) is 0 Å². The lowest BCUT2D eigenvalue weighted by molar-refractivity contribution is -0.274. The molecule has 0 atom stereocenters. The average molecular weight is 363 g/mol. The van der Waals surface area contributed by atoms with Crippen molar-refractivity contribution in [1.82, 2.24) is 0 Å². The predicted octanol–water partition coefficient (Wildman–Crippen LogP) is 5.86. The Balaban J connectivity index is 2.26. The first-order valence-corrected chi connectivity index (χ1v) is 8.15. The van der Waals surface area contributed by atoms with Crippen LogP contribution < -0.4 is 10.1 Å². The Morgan fingerprint density at radius 2 is 1.81 bits per heavy atom. The molecule has 0 heterocycles. The summed E-state index contributed by atoms with van der Waals surface area (Å²) in [7, 11) is 0. The van der Waals surface area contributed by atoms with Gasteiger partial charge in [-0.2, -0.15) is 0 Å². The van der Waals surface area contributed by atoms with Crippen LogP contribution in [0.3, 0.4) is 0 Å². The molecular formula is C20H20F3NO2. The molecule has 2 aromatic carbocycles. The maximum Gasteiger partial charge on any atom is 0.573 e. The highest BCUT2D eigenvalue weighted by Gasteiger charge is 2.31. The van der Waals surface area contributed by atoms with Gasteiger partial charge in [-0.3, -0.25) is 4.79 Å². The van der Waals surface area contributed by atoms with E-state index in [0.717, 1.165) is 23.1 Å². The number of allylic oxidation sites excluding steroid dienone is 1. The van der Waals surface area contributed by atoms with Crippen LogP contribution in [0.4, 0.5) is 18.9 Å². The molecule has 2 aromatic rings. The first-order chi connectivity index (χ1) is 12.2. The van der Waals surface area contributed by atoms with Gasteiger partial charge in [0, 0.05) is 11.3 Å². The average Bonchev–Trinajstić information content (AvgIpc) is 2.56. The van der Waals surface area contributed by atoms with E-state index < -0.39 is 6.36 Å². The van der Waals surface area contributed by atoms with Crippen LogP contribution in [0.5, 0.6) is 5.75 Å². The van der Waals surface area contributed by atoms with E-state index in [9.17, 15) is 18.0 Å². The van der Waals surface area contributed by atoms with Gasteiger partial charge in [-0.25, -0.2) is 0 Å². The van der Waals surface area contributed by atoms with Gasteiger partial charge >= 0.3 is 6.36 Å². The van der Waals surface area contributed by atoms with Gasteiger partial charge in [-0.05, 0) is 55.2 Å². The largest absolute Gasteiger partial charge is 0.573 e. The molecule has 0 saturated heterocycles. The molecule has 1 N–H and O–H groups in total. The molecule has 2 rings (SSSR count). The predicted molar refractivity (Wildman–Crippen MR) is 96.0 cm³/mol. The summed E-state index contributed by atoms with van der Waals surface area (Å²) in [6.07, 6.45) is -2.11. The first kappa shape index (κ1) is 19.6. The fourth-order valence-electron chi connectivity index (χ4n) is 2.54. The van der Waals surface area contributed by atoms with Crippen molar-refractivity contribution in [3.8, 4) is 16.9 Å². The molecule has 0 aromatic heterocycles. The van der Waals surface area contributed by atoms with Crippen LogP contribution in [-0.2, 0) is 4.79 Å². The van der Waals surface area contributed by atoms with Gasteiger partial charge < -0.3 is 10.1 Å². The Hall–Kier alpha value is -2.76. The summed E-state index contributed by atoms with van der Waals surface area (Å²) < 4.78 is 40.7. The Bertz CT molecular complexity index is 809. The Morgan fingerprint density at radius 3 is 2.38 bits per heavy atom. The van der Waals surface area contributed by atoms with Crippen LogP contribution in [0.15, 0.2) is 54.1 Å². The van der Waals surface area contributed by atoms with Crippen LogP contribution in [0.2, 0.25) is 0 Å². The summed E-state index contributed by atoms with van der Waals surface area (Å²) in [5, 5.41) is 2.87. The van der Waals surface area contributed by atoms with E-state index in [2.05, 4.69) is 10.1 Å². The summed E-state index contributed by atoms with van der Waals surface area (Å²) in [5.41, 5.74) is 3.67. The van der Waals surface area contributed by atoms with Crippen LogP contribution in [0.1, 0.15) is 25.8 Å². The van der Waals surface area contributed by atoms with Crippen molar-refractivity contribution in [2.24, 2.45) is 0 Å². The van der Waals surface area contributed by atoms with Crippen molar-refractivity contribution in [2.75, 3.05) is 5.32 Å². The summed E-state index contributed by atoms with van der Waals surface area (Å²) in [5.74, 6) is -0.454. The van der Waals surface area contributed by atoms with Crippen molar-refractivity contribution in [3.63, 3.8) is 0 Å². The molecule has 0 aliphatic carbocycles. The Labute approximate surface area is 150 Å². The summed E-state index contributed by atoms with van der Waals surface area (Å²) in [6, 6.07) is 11.1. The zero-order chi connectivity index (χ0) is 19.3. The molecule has 0 aliphatic heterocycles. The second kappa shape index (κ2) is 8.08. The van der Waals surface area contributed by atoms with Crippen LogP contribution in [0.25, 0.3) is 11.1 Å². The Kier molecular flexibility index (Phi) is 6.08. The highest BCUT2D eigenvalue weighted by Crippen LogP contribution is 2.31. The maximum absolute atomic E-state index is 12.3. The van der Waals surface area contributed by atoms with E-state index in [1.165, 1.54) is 12.1 Å². The van der Waals surface area contributed by atoms with Gasteiger partial charge in [0.2, 0.25) is 0 Å². The lowest BCUT2D eigenvalue weighted by atomic mass is 9.99. The summed E-state index contributed by atoms with van der Waals surface area (Å²) in [6.45, 7) is 5.55. The summed E-state index contributed by atoms with van der Waals surface area (Å²) >= 11 is 0. The number of nitrogens with one attached hydrogen (secondary N) is 1. The fourth-order valence-corrected chi connectivity index (χ4v) is 2.54. The Morgan fingerprint density at radius 1 is 1.15 bits per heavy atom. The molecule has 1 amide bonds. The van der Waals surface area contributed by atoms with Crippen molar-refractivity contribution >= 4 is 11.6 Å². The van der Waals surface area contributed by atoms with Gasteiger partial charge in [0.1, 0.15) is 5.75 Å². The third-order valence-corrected chi connectivity index (χ3v) is 3.85. The zero-order valence-electron chi connectivity index (χ0n) is 14.8. The number of benzene rings is 2. The second-order valence-electron chi connectivity index (χ2n) is 5.80. The van der Waals surface area contributed by atoms with Gasteiger partial charge in [0.05, 0.1) is 0 Å². The lowest BCUT2D eigenvalue weighted by Gasteiger charge is -2.14. The number of carbonyl (C=O) groups is 1. The lowest BCUT2D eigenvalue weighted by Crippen LogP contribution is -2.16. The first-order valence-electron chi connectivity index (χ1n) is 8.15. The molecule has 0 bridgehead atoms. The van der Waals surface area contributed by atoms with E-state index in [0.29, 0.717) is 11.3 Å². The van der Waals surface area contributed by atoms with Gasteiger partial charge in [0.25, 0.3) is 5.91 Å². The standard InChI is InChI=1S/C20H20F3NO2/c1-4-6-13(2)19(25)24-18-8-5-7-17(14(18)3)15-9-11-16(12-10-15)26-20(21,22)23/h5-12H,4H2,1-3H3,(H,24,25). The number of rotatable bonds is 5. The molecule has 3 nitrogen and oxygen atoms in total. The van der Waals surface area contributed by atoms with Crippen LogP contribution in [-0.4, -0.2) is 12.3 Å². The van der Waals surface area contributed by atoms with Crippen LogP contribution >= 0.6 is 0 Å². The van der Waals surface area contributed by atoms with Crippen molar-refractivity contribution in [3.05, 3.63) is 59.7 Å². The van der Waals surface area contributed by atoms with E-state index in [1.54, 1.807) is 31.2 Å². The number of hydrogen-bond acceptors (Lipinski definition) is 2. The van der Waals surface area contributed by atoms with Gasteiger partial charge in [-0.15, -0.1) is 13.2 Å². The molecule has 0 saturated carbocycles. The minimum absolute atomic E-state index is 0.180. The minimum atomic E-state index is -4.72. The molecule has 0 spiro atoms.